The van der Waals surface area contributed by atoms with Crippen LogP contribution in [-0.4, -0.2) is 13.2 Å². The Morgan fingerprint density at radius 1 is 0.909 bits per heavy atom. The van der Waals surface area contributed by atoms with Gasteiger partial charge in [0.05, 0.1) is 8.07 Å². The van der Waals surface area contributed by atoms with Crippen LogP contribution >= 0.6 is 0 Å². The summed E-state index contributed by atoms with van der Waals surface area (Å²) in [5.41, 5.74) is 2.86. The molecule has 0 aliphatic rings. The summed E-state index contributed by atoms with van der Waals surface area (Å²) in [7, 11) is -1.65. The van der Waals surface area contributed by atoms with Crippen molar-refractivity contribution < 1.29 is 5.11 Å². The lowest BCUT2D eigenvalue weighted by Gasteiger charge is -2.44. The average molecular weight is 313 g/mol. The highest BCUT2D eigenvalue weighted by Crippen LogP contribution is 2.47. The van der Waals surface area contributed by atoms with Crippen molar-refractivity contribution in [1.82, 2.24) is 0 Å². The molecule has 1 nitrogen and oxygen atoms in total. The van der Waals surface area contributed by atoms with Gasteiger partial charge in [-0.05, 0) is 34.2 Å². The lowest BCUT2D eigenvalue weighted by atomic mass is 10.0. The highest BCUT2D eigenvalue weighted by molar-refractivity contribution is 6.81. The summed E-state index contributed by atoms with van der Waals surface area (Å²) in [6.07, 6.45) is 0.995. The van der Waals surface area contributed by atoms with Gasteiger partial charge in [-0.25, -0.2) is 0 Å². The van der Waals surface area contributed by atoms with Crippen LogP contribution in [0.25, 0.3) is 0 Å². The van der Waals surface area contributed by atoms with Gasteiger partial charge in [0.25, 0.3) is 0 Å². The van der Waals surface area contributed by atoms with Gasteiger partial charge in [-0.15, -0.1) is 0 Å². The lowest BCUT2D eigenvalue weighted by molar-refractivity contribution is 0.465. The zero-order valence-corrected chi connectivity index (χ0v) is 15.4. The van der Waals surface area contributed by atoms with Crippen molar-refractivity contribution in [2.75, 3.05) is 0 Å². The van der Waals surface area contributed by atoms with Crippen LogP contribution in [-0.2, 0) is 6.42 Å². The molecular formula is C20H28OSi. The fourth-order valence-corrected chi connectivity index (χ4v) is 5.72. The summed E-state index contributed by atoms with van der Waals surface area (Å²) in [5.74, 6) is 0.438. The van der Waals surface area contributed by atoms with Crippen LogP contribution < -0.4 is 0 Å². The van der Waals surface area contributed by atoms with Gasteiger partial charge in [-0.2, -0.15) is 0 Å². The summed E-state index contributed by atoms with van der Waals surface area (Å²) in [6.45, 7) is 11.9. The number of rotatable bonds is 4. The molecule has 0 heterocycles. The third-order valence-electron chi connectivity index (χ3n) is 5.40. The highest BCUT2D eigenvalue weighted by atomic mass is 28.3. The minimum atomic E-state index is -1.65. The van der Waals surface area contributed by atoms with Gasteiger partial charge in [0.2, 0.25) is 0 Å². The Balaban J connectivity index is 2.48. The van der Waals surface area contributed by atoms with E-state index in [0.717, 1.165) is 12.0 Å². The van der Waals surface area contributed by atoms with E-state index in [0.29, 0.717) is 11.3 Å². The highest BCUT2D eigenvalue weighted by Gasteiger charge is 2.43. The maximum Gasteiger partial charge on any atom is 0.118 e. The van der Waals surface area contributed by atoms with Crippen molar-refractivity contribution in [3.63, 3.8) is 0 Å². The van der Waals surface area contributed by atoms with E-state index in [1.54, 1.807) is 0 Å². The molecule has 0 aliphatic heterocycles. The Labute approximate surface area is 136 Å². The predicted octanol–water partition coefficient (Wildman–Crippen LogP) is 5.77. The zero-order chi connectivity index (χ0) is 16.4. The zero-order valence-electron chi connectivity index (χ0n) is 14.4. The summed E-state index contributed by atoms with van der Waals surface area (Å²) < 4.78 is 0. The van der Waals surface area contributed by atoms with E-state index in [1.165, 1.54) is 5.56 Å². The van der Waals surface area contributed by atoms with E-state index < -0.39 is 8.07 Å². The first-order valence-electron chi connectivity index (χ1n) is 8.05. The van der Waals surface area contributed by atoms with E-state index in [2.05, 4.69) is 70.3 Å². The minimum absolute atomic E-state index is 0.273. The molecule has 1 unspecified atom stereocenters. The second kappa shape index (κ2) is 6.29. The van der Waals surface area contributed by atoms with E-state index >= 15 is 0 Å². The summed E-state index contributed by atoms with van der Waals surface area (Å²) >= 11 is 0. The maximum atomic E-state index is 10.4. The molecule has 118 valence electrons. The number of hydrogen-bond donors (Lipinski definition) is 1. The second-order valence-electron chi connectivity index (χ2n) is 7.77. The molecule has 0 fully saturated rings. The van der Waals surface area contributed by atoms with E-state index in [4.69, 9.17) is 0 Å². The third-order valence-corrected chi connectivity index (χ3v) is 11.5. The quantitative estimate of drug-likeness (QED) is 0.711. The van der Waals surface area contributed by atoms with Crippen LogP contribution in [0.15, 0.2) is 54.6 Å². The fourth-order valence-electron chi connectivity index (χ4n) is 2.91. The number of aromatic hydroxyl groups is 1. The Hall–Kier alpha value is -1.54. The topological polar surface area (TPSA) is 20.2 Å². The molecule has 0 bridgehead atoms. The standard InChI is InChI=1S/C20H28OSi/c1-20(2,3)22(4,5)19(15-16-11-7-6-8-12-16)17-13-9-10-14-18(17)21/h6-14,19,21H,15H2,1-5H3. The van der Waals surface area contributed by atoms with Gasteiger partial charge in [0.15, 0.2) is 0 Å². The van der Waals surface area contributed by atoms with Crippen molar-refractivity contribution >= 4 is 8.07 Å². The Morgan fingerprint density at radius 3 is 2.00 bits per heavy atom. The van der Waals surface area contributed by atoms with Gasteiger partial charge in [0.1, 0.15) is 5.75 Å². The van der Waals surface area contributed by atoms with E-state index in [1.807, 2.05) is 18.2 Å². The van der Waals surface area contributed by atoms with Gasteiger partial charge < -0.3 is 5.11 Å². The molecule has 0 spiro atoms. The normalized spacial score (nSPS) is 13.9. The number of para-hydroxylation sites is 1. The molecule has 0 saturated carbocycles. The molecule has 1 atom stereocenters. The van der Waals surface area contributed by atoms with Crippen molar-refractivity contribution in [2.45, 2.75) is 50.9 Å². The number of hydrogen-bond acceptors (Lipinski definition) is 1. The van der Waals surface area contributed by atoms with Gasteiger partial charge in [-0.1, -0.05) is 82.4 Å². The molecule has 1 N–H and O–H groups in total. The predicted molar refractivity (Wildman–Crippen MR) is 98.2 cm³/mol. The molecule has 2 heteroatoms. The SMILES string of the molecule is CC(C)(C)[Si](C)(C)C(Cc1ccccc1)c1ccccc1O. The number of phenols is 1. The summed E-state index contributed by atoms with van der Waals surface area (Å²) in [4.78, 5) is 0. The maximum absolute atomic E-state index is 10.4. The van der Waals surface area contributed by atoms with E-state index in [9.17, 15) is 5.11 Å². The molecule has 0 aromatic heterocycles. The largest absolute Gasteiger partial charge is 0.508 e. The molecular weight excluding hydrogens is 284 g/mol. The van der Waals surface area contributed by atoms with Crippen molar-refractivity contribution in [1.29, 1.82) is 0 Å². The van der Waals surface area contributed by atoms with Gasteiger partial charge in [0, 0.05) is 0 Å². The fraction of sp³-hybridized carbons (Fsp3) is 0.400. The van der Waals surface area contributed by atoms with E-state index in [-0.39, 0.29) is 5.04 Å². The monoisotopic (exact) mass is 312 g/mol. The van der Waals surface area contributed by atoms with Gasteiger partial charge in [-0.3, -0.25) is 0 Å². The summed E-state index contributed by atoms with van der Waals surface area (Å²) in [5, 5.41) is 10.7. The molecule has 0 amide bonds. The number of phenolic OH excluding ortho intramolecular Hbond substituents is 1. The first-order chi connectivity index (χ1) is 10.2. The lowest BCUT2D eigenvalue weighted by Crippen LogP contribution is -2.45. The minimum Gasteiger partial charge on any atom is -0.508 e. The van der Waals surface area contributed by atoms with Crippen LogP contribution in [0.2, 0.25) is 18.1 Å². The summed E-state index contributed by atoms with van der Waals surface area (Å²) in [6, 6.07) is 18.5. The Kier molecular flexibility index (Phi) is 4.81. The number of benzene rings is 2. The van der Waals surface area contributed by atoms with Gasteiger partial charge >= 0.3 is 0 Å². The third kappa shape index (κ3) is 3.44. The second-order valence-corrected chi connectivity index (χ2v) is 13.4. The molecule has 0 aliphatic carbocycles. The van der Waals surface area contributed by atoms with Crippen molar-refractivity contribution in [2.24, 2.45) is 0 Å². The first kappa shape index (κ1) is 16.8. The smallest absolute Gasteiger partial charge is 0.118 e. The van der Waals surface area contributed by atoms with Crippen LogP contribution in [0.1, 0.15) is 37.4 Å². The molecule has 0 saturated heterocycles. The van der Waals surface area contributed by atoms with Crippen LogP contribution in [0, 0.1) is 0 Å². The average Bonchev–Trinajstić information content (AvgIpc) is 2.45. The Bertz CT molecular complexity index is 611. The Morgan fingerprint density at radius 2 is 1.45 bits per heavy atom. The van der Waals surface area contributed by atoms with Crippen LogP contribution in [0.5, 0.6) is 5.75 Å². The van der Waals surface area contributed by atoms with Crippen LogP contribution in [0.4, 0.5) is 0 Å². The van der Waals surface area contributed by atoms with Crippen LogP contribution in [0.3, 0.4) is 0 Å². The molecule has 2 rings (SSSR count). The molecule has 2 aromatic carbocycles. The molecule has 2 aromatic rings. The van der Waals surface area contributed by atoms with Crippen molar-refractivity contribution in [3.8, 4) is 5.75 Å². The van der Waals surface area contributed by atoms with Crippen molar-refractivity contribution in [3.05, 3.63) is 65.7 Å². The first-order valence-corrected chi connectivity index (χ1v) is 11.1. The molecule has 0 radical (unpaired) electrons. The molecule has 22 heavy (non-hydrogen) atoms.